The quantitative estimate of drug-likeness (QED) is 0.534. The van der Waals surface area contributed by atoms with Crippen LogP contribution in [0.4, 0.5) is 11.4 Å². The van der Waals surface area contributed by atoms with Gasteiger partial charge in [0.2, 0.25) is 15.9 Å². The molecule has 1 amide bonds. The van der Waals surface area contributed by atoms with E-state index in [0.29, 0.717) is 28.8 Å². The van der Waals surface area contributed by atoms with Crippen LogP contribution in [0.1, 0.15) is 11.1 Å². The van der Waals surface area contributed by atoms with Crippen LogP contribution in [-0.2, 0) is 21.4 Å². The van der Waals surface area contributed by atoms with Gasteiger partial charge in [0.15, 0.2) is 0 Å². The van der Waals surface area contributed by atoms with Crippen LogP contribution in [0.15, 0.2) is 72.8 Å². The third-order valence-electron chi connectivity index (χ3n) is 4.52. The van der Waals surface area contributed by atoms with Crippen molar-refractivity contribution in [1.82, 2.24) is 0 Å². The Kier molecular flexibility index (Phi) is 7.20. The van der Waals surface area contributed by atoms with Crippen molar-refractivity contribution in [3.8, 4) is 5.75 Å². The smallest absolute Gasteiger partial charge is 0.245 e. The van der Waals surface area contributed by atoms with Gasteiger partial charge in [-0.05, 0) is 54.4 Å². The van der Waals surface area contributed by atoms with Crippen LogP contribution in [0.5, 0.6) is 5.75 Å². The van der Waals surface area contributed by atoms with Gasteiger partial charge in [0.05, 0.1) is 11.9 Å². The summed E-state index contributed by atoms with van der Waals surface area (Å²) in [5.41, 5.74) is 2.74. The van der Waals surface area contributed by atoms with Crippen molar-refractivity contribution in [3.05, 3.63) is 88.9 Å². The second-order valence-electron chi connectivity index (χ2n) is 7.05. The van der Waals surface area contributed by atoms with Crippen LogP contribution in [-0.4, -0.2) is 27.1 Å². The van der Waals surface area contributed by atoms with Gasteiger partial charge in [-0.3, -0.25) is 9.10 Å². The van der Waals surface area contributed by atoms with Crippen LogP contribution in [0.2, 0.25) is 5.02 Å². The maximum atomic E-state index is 12.5. The highest BCUT2D eigenvalue weighted by Crippen LogP contribution is 2.25. The number of nitrogens with zero attached hydrogens (tertiary/aromatic N) is 1. The molecule has 0 atom stereocenters. The molecule has 1 N–H and O–H groups in total. The van der Waals surface area contributed by atoms with Crippen LogP contribution >= 0.6 is 11.6 Å². The molecule has 0 aromatic heterocycles. The predicted molar refractivity (Wildman–Crippen MR) is 124 cm³/mol. The van der Waals surface area contributed by atoms with Gasteiger partial charge in [0, 0.05) is 10.7 Å². The Hall–Kier alpha value is -3.03. The Balaban J connectivity index is 1.63. The highest BCUT2D eigenvalue weighted by molar-refractivity contribution is 7.92. The zero-order valence-electron chi connectivity index (χ0n) is 17.2. The number of hydrogen-bond donors (Lipinski definition) is 1. The van der Waals surface area contributed by atoms with E-state index in [9.17, 15) is 13.2 Å². The molecule has 0 saturated carbocycles. The third kappa shape index (κ3) is 6.47. The van der Waals surface area contributed by atoms with E-state index < -0.39 is 15.9 Å². The molecule has 0 heterocycles. The van der Waals surface area contributed by atoms with E-state index >= 15 is 0 Å². The fraction of sp³-hybridized carbons (Fsp3) is 0.174. The number of carbonyl (C=O) groups is 1. The van der Waals surface area contributed by atoms with Crippen LogP contribution in [0.25, 0.3) is 0 Å². The fourth-order valence-corrected chi connectivity index (χ4v) is 3.87. The van der Waals surface area contributed by atoms with E-state index in [2.05, 4.69) is 5.32 Å². The SMILES string of the molecule is Cc1ccc(N(CC(=O)Nc2ccc(OCc3ccccc3)cc2)S(C)(=O)=O)cc1Cl. The van der Waals surface area contributed by atoms with Crippen LogP contribution in [0.3, 0.4) is 0 Å². The number of anilines is 2. The minimum atomic E-state index is -3.68. The lowest BCUT2D eigenvalue weighted by molar-refractivity contribution is -0.114. The summed E-state index contributed by atoms with van der Waals surface area (Å²) in [5.74, 6) is 0.189. The molecule has 0 bridgehead atoms. The Bertz CT molecular complexity index is 1150. The molecule has 0 spiro atoms. The lowest BCUT2D eigenvalue weighted by Crippen LogP contribution is -2.37. The number of benzene rings is 3. The fourth-order valence-electron chi connectivity index (χ4n) is 2.84. The highest BCUT2D eigenvalue weighted by atomic mass is 35.5. The molecule has 8 heteroatoms. The Morgan fingerprint density at radius 2 is 1.71 bits per heavy atom. The molecular weight excluding hydrogens is 436 g/mol. The summed E-state index contributed by atoms with van der Waals surface area (Å²) in [6.45, 7) is 1.89. The first-order valence-corrected chi connectivity index (χ1v) is 11.8. The summed E-state index contributed by atoms with van der Waals surface area (Å²) in [7, 11) is -3.68. The Labute approximate surface area is 187 Å². The number of amides is 1. The minimum absolute atomic E-state index is 0.331. The van der Waals surface area contributed by atoms with Crippen molar-refractivity contribution in [2.24, 2.45) is 0 Å². The Morgan fingerprint density at radius 1 is 1.03 bits per heavy atom. The standard InChI is InChI=1S/C23H23ClN2O4S/c1-17-8-11-20(14-22(17)24)26(31(2,28)29)15-23(27)25-19-9-12-21(13-10-19)30-16-18-6-4-3-5-7-18/h3-14H,15-16H2,1-2H3,(H,25,27). The van der Waals surface area contributed by atoms with Gasteiger partial charge < -0.3 is 10.1 Å². The molecular formula is C23H23ClN2O4S. The van der Waals surface area contributed by atoms with Crippen molar-refractivity contribution in [3.63, 3.8) is 0 Å². The maximum absolute atomic E-state index is 12.5. The number of carbonyl (C=O) groups excluding carboxylic acids is 1. The van der Waals surface area contributed by atoms with Gasteiger partial charge in [-0.1, -0.05) is 48.0 Å². The zero-order chi connectivity index (χ0) is 22.4. The first kappa shape index (κ1) is 22.7. The second kappa shape index (κ2) is 9.85. The van der Waals surface area contributed by atoms with E-state index in [4.69, 9.17) is 16.3 Å². The zero-order valence-corrected chi connectivity index (χ0v) is 18.8. The normalized spacial score (nSPS) is 11.1. The van der Waals surface area contributed by atoms with Gasteiger partial charge >= 0.3 is 0 Å². The third-order valence-corrected chi connectivity index (χ3v) is 6.07. The molecule has 0 aliphatic carbocycles. The lowest BCUT2D eigenvalue weighted by Gasteiger charge is -2.22. The van der Waals surface area contributed by atoms with Crippen molar-refractivity contribution < 1.29 is 17.9 Å². The Morgan fingerprint density at radius 3 is 2.32 bits per heavy atom. The monoisotopic (exact) mass is 458 g/mol. The molecule has 6 nitrogen and oxygen atoms in total. The molecule has 0 saturated heterocycles. The van der Waals surface area contributed by atoms with E-state index in [-0.39, 0.29) is 6.54 Å². The summed E-state index contributed by atoms with van der Waals surface area (Å²) < 4.78 is 31.2. The van der Waals surface area contributed by atoms with E-state index in [1.54, 1.807) is 36.4 Å². The van der Waals surface area contributed by atoms with Crippen LogP contribution in [0, 0.1) is 6.92 Å². The molecule has 162 valence electrons. The van der Waals surface area contributed by atoms with E-state index in [1.165, 1.54) is 6.07 Å². The number of aryl methyl sites for hydroxylation is 1. The van der Waals surface area contributed by atoms with Gasteiger partial charge in [0.25, 0.3) is 0 Å². The lowest BCUT2D eigenvalue weighted by atomic mass is 10.2. The number of ether oxygens (including phenoxy) is 1. The predicted octanol–water partition coefficient (Wildman–Crippen LogP) is 4.63. The first-order chi connectivity index (χ1) is 14.7. The summed E-state index contributed by atoms with van der Waals surface area (Å²) >= 11 is 6.12. The molecule has 31 heavy (non-hydrogen) atoms. The van der Waals surface area contributed by atoms with Crippen molar-refractivity contribution >= 4 is 38.9 Å². The summed E-state index contributed by atoms with van der Waals surface area (Å²) in [6.07, 6.45) is 1.05. The van der Waals surface area contributed by atoms with Gasteiger partial charge in [-0.2, -0.15) is 0 Å². The van der Waals surface area contributed by atoms with Gasteiger partial charge in [-0.15, -0.1) is 0 Å². The van der Waals surface area contributed by atoms with Gasteiger partial charge in [0.1, 0.15) is 18.9 Å². The molecule has 0 aliphatic rings. The molecule has 0 radical (unpaired) electrons. The number of sulfonamides is 1. The average molecular weight is 459 g/mol. The van der Waals surface area contributed by atoms with Crippen molar-refractivity contribution in [2.45, 2.75) is 13.5 Å². The number of hydrogen-bond acceptors (Lipinski definition) is 4. The molecule has 3 rings (SSSR count). The molecule has 0 unspecified atom stereocenters. The van der Waals surface area contributed by atoms with E-state index in [1.807, 2.05) is 37.3 Å². The second-order valence-corrected chi connectivity index (χ2v) is 9.36. The first-order valence-electron chi connectivity index (χ1n) is 9.53. The maximum Gasteiger partial charge on any atom is 0.245 e. The summed E-state index contributed by atoms with van der Waals surface area (Å²) in [6, 6.07) is 21.5. The highest BCUT2D eigenvalue weighted by Gasteiger charge is 2.21. The average Bonchev–Trinajstić information content (AvgIpc) is 2.73. The van der Waals surface area contributed by atoms with Gasteiger partial charge in [-0.25, -0.2) is 8.42 Å². The largest absolute Gasteiger partial charge is 0.489 e. The molecule has 0 aliphatic heterocycles. The van der Waals surface area contributed by atoms with Crippen molar-refractivity contribution in [2.75, 3.05) is 22.4 Å². The minimum Gasteiger partial charge on any atom is -0.489 e. The van der Waals surface area contributed by atoms with Crippen molar-refractivity contribution in [1.29, 1.82) is 0 Å². The number of rotatable bonds is 8. The summed E-state index contributed by atoms with van der Waals surface area (Å²) in [4.78, 5) is 12.5. The van der Waals surface area contributed by atoms with E-state index in [0.717, 1.165) is 21.7 Å². The summed E-state index contributed by atoms with van der Waals surface area (Å²) in [5, 5.41) is 3.14. The number of halogens is 1. The molecule has 0 fully saturated rings. The molecule has 3 aromatic rings. The molecule has 3 aromatic carbocycles. The topological polar surface area (TPSA) is 75.7 Å². The van der Waals surface area contributed by atoms with Crippen LogP contribution < -0.4 is 14.4 Å². The number of nitrogens with one attached hydrogen (secondary N) is 1.